The molecule has 0 saturated heterocycles. The molecule has 102 valence electrons. The molecule has 0 saturated carbocycles. The summed E-state index contributed by atoms with van der Waals surface area (Å²) in [5.74, 6) is 0.254. The van der Waals surface area contributed by atoms with Gasteiger partial charge in [0.2, 0.25) is 0 Å². The van der Waals surface area contributed by atoms with Crippen molar-refractivity contribution in [2.75, 3.05) is 6.54 Å². The second kappa shape index (κ2) is 7.49. The van der Waals surface area contributed by atoms with Gasteiger partial charge < -0.3 is 10.1 Å². The van der Waals surface area contributed by atoms with E-state index in [9.17, 15) is 4.39 Å². The Morgan fingerprint density at radius 3 is 2.61 bits per heavy atom. The first-order chi connectivity index (χ1) is 8.54. The van der Waals surface area contributed by atoms with Gasteiger partial charge in [-0.15, -0.1) is 0 Å². The normalized spacial score (nSPS) is 13.0. The quantitative estimate of drug-likeness (QED) is 0.803. The van der Waals surface area contributed by atoms with Crippen molar-refractivity contribution in [1.29, 1.82) is 0 Å². The predicted octanol–water partition coefficient (Wildman–Crippen LogP) is 3.50. The molecule has 0 spiro atoms. The maximum atomic E-state index is 13.6. The van der Waals surface area contributed by atoms with Crippen molar-refractivity contribution in [3.8, 4) is 0 Å². The van der Waals surface area contributed by atoms with Crippen LogP contribution in [0.25, 0.3) is 0 Å². The van der Waals surface area contributed by atoms with Crippen LogP contribution >= 0.6 is 0 Å². The number of hydrogen-bond acceptors (Lipinski definition) is 2. The summed E-state index contributed by atoms with van der Waals surface area (Å²) in [5.41, 5.74) is 1.73. The summed E-state index contributed by atoms with van der Waals surface area (Å²) in [7, 11) is 0. The maximum absolute atomic E-state index is 13.6. The first-order valence-electron chi connectivity index (χ1n) is 6.64. The maximum Gasteiger partial charge on any atom is 0.128 e. The van der Waals surface area contributed by atoms with Crippen LogP contribution in [0.3, 0.4) is 0 Å². The van der Waals surface area contributed by atoms with Gasteiger partial charge in [-0.1, -0.05) is 26.8 Å². The minimum absolute atomic E-state index is 0.141. The lowest BCUT2D eigenvalue weighted by Gasteiger charge is -2.17. The molecule has 1 aromatic rings. The van der Waals surface area contributed by atoms with Gasteiger partial charge in [-0.3, -0.25) is 0 Å². The summed E-state index contributed by atoms with van der Waals surface area (Å²) in [6.45, 7) is 10.3. The molecule has 1 N–H and O–H groups in total. The van der Waals surface area contributed by atoms with Gasteiger partial charge >= 0.3 is 0 Å². The van der Waals surface area contributed by atoms with E-state index in [1.165, 1.54) is 6.07 Å². The zero-order chi connectivity index (χ0) is 13.5. The van der Waals surface area contributed by atoms with E-state index in [4.69, 9.17) is 4.74 Å². The van der Waals surface area contributed by atoms with Crippen molar-refractivity contribution in [1.82, 2.24) is 5.32 Å². The monoisotopic (exact) mass is 253 g/mol. The number of hydrogen-bond donors (Lipinski definition) is 1. The van der Waals surface area contributed by atoms with Crippen LogP contribution in [0, 0.1) is 11.7 Å². The Morgan fingerprint density at radius 1 is 1.28 bits per heavy atom. The first kappa shape index (κ1) is 15.1. The predicted molar refractivity (Wildman–Crippen MR) is 72.9 cm³/mol. The molecule has 1 atom stereocenters. The van der Waals surface area contributed by atoms with Crippen LogP contribution in [0.4, 0.5) is 4.39 Å². The summed E-state index contributed by atoms with van der Waals surface area (Å²) < 4.78 is 19.3. The third-order valence-electron chi connectivity index (χ3n) is 3.13. The standard InChI is InChI=1S/C15H24FNO/c1-5-17-9-13-6-7-15(16)14(8-13)10-18-12(4)11(2)3/h6-8,11-12,17H,5,9-10H2,1-4H3. The third kappa shape index (κ3) is 4.75. The smallest absolute Gasteiger partial charge is 0.128 e. The van der Waals surface area contributed by atoms with E-state index in [1.807, 2.05) is 19.1 Å². The number of halogens is 1. The Morgan fingerprint density at radius 2 is 2.00 bits per heavy atom. The van der Waals surface area contributed by atoms with E-state index in [0.717, 1.165) is 18.7 Å². The fourth-order valence-corrected chi connectivity index (χ4v) is 1.53. The van der Waals surface area contributed by atoms with Crippen LogP contribution in [0.15, 0.2) is 18.2 Å². The zero-order valence-electron chi connectivity index (χ0n) is 11.8. The number of benzene rings is 1. The van der Waals surface area contributed by atoms with Gasteiger partial charge in [0.05, 0.1) is 12.7 Å². The fraction of sp³-hybridized carbons (Fsp3) is 0.600. The molecule has 2 nitrogen and oxygen atoms in total. The van der Waals surface area contributed by atoms with E-state index in [2.05, 4.69) is 26.1 Å². The zero-order valence-corrected chi connectivity index (χ0v) is 11.8. The second-order valence-corrected chi connectivity index (χ2v) is 4.97. The highest BCUT2D eigenvalue weighted by molar-refractivity contribution is 5.24. The van der Waals surface area contributed by atoms with Crippen LogP contribution in [0.5, 0.6) is 0 Å². The third-order valence-corrected chi connectivity index (χ3v) is 3.13. The average molecular weight is 253 g/mol. The number of rotatable bonds is 7. The Hall–Kier alpha value is -0.930. The molecular weight excluding hydrogens is 229 g/mol. The first-order valence-corrected chi connectivity index (χ1v) is 6.64. The van der Waals surface area contributed by atoms with E-state index in [0.29, 0.717) is 18.1 Å². The van der Waals surface area contributed by atoms with Crippen LogP contribution in [0.2, 0.25) is 0 Å². The summed E-state index contributed by atoms with van der Waals surface area (Å²) in [5, 5.41) is 3.23. The van der Waals surface area contributed by atoms with Crippen molar-refractivity contribution in [2.24, 2.45) is 5.92 Å². The van der Waals surface area contributed by atoms with Crippen LogP contribution < -0.4 is 5.32 Å². The highest BCUT2D eigenvalue weighted by Crippen LogP contribution is 2.15. The van der Waals surface area contributed by atoms with E-state index < -0.39 is 0 Å². The van der Waals surface area contributed by atoms with Crippen molar-refractivity contribution < 1.29 is 9.13 Å². The summed E-state index contributed by atoms with van der Waals surface area (Å²) in [4.78, 5) is 0. The summed E-state index contributed by atoms with van der Waals surface area (Å²) >= 11 is 0. The molecule has 0 aromatic heterocycles. The summed E-state index contributed by atoms with van der Waals surface area (Å²) in [6, 6.07) is 5.21. The Balaban J connectivity index is 2.63. The van der Waals surface area contributed by atoms with Gasteiger partial charge in [0, 0.05) is 12.1 Å². The molecule has 3 heteroatoms. The van der Waals surface area contributed by atoms with Gasteiger partial charge in [-0.2, -0.15) is 0 Å². The molecule has 1 aromatic carbocycles. The van der Waals surface area contributed by atoms with Crippen LogP contribution in [-0.2, 0) is 17.9 Å². The highest BCUT2D eigenvalue weighted by atomic mass is 19.1. The molecular formula is C15H24FNO. The van der Waals surface area contributed by atoms with Crippen LogP contribution in [-0.4, -0.2) is 12.6 Å². The fourth-order valence-electron chi connectivity index (χ4n) is 1.53. The SMILES string of the molecule is CCNCc1ccc(F)c(COC(C)C(C)C)c1. The molecule has 18 heavy (non-hydrogen) atoms. The van der Waals surface area contributed by atoms with Gasteiger partial charge in [0.15, 0.2) is 0 Å². The molecule has 0 aliphatic rings. The second-order valence-electron chi connectivity index (χ2n) is 4.97. The van der Waals surface area contributed by atoms with Gasteiger partial charge in [0.25, 0.3) is 0 Å². The average Bonchev–Trinajstić information content (AvgIpc) is 2.35. The van der Waals surface area contributed by atoms with Crippen LogP contribution in [0.1, 0.15) is 38.8 Å². The van der Waals surface area contributed by atoms with E-state index in [1.54, 1.807) is 0 Å². The molecule has 0 aliphatic carbocycles. The molecule has 0 bridgehead atoms. The highest BCUT2D eigenvalue weighted by Gasteiger charge is 2.10. The molecule has 0 radical (unpaired) electrons. The minimum Gasteiger partial charge on any atom is -0.373 e. The molecule has 0 amide bonds. The lowest BCUT2D eigenvalue weighted by molar-refractivity contribution is 0.0221. The van der Waals surface area contributed by atoms with Gasteiger partial charge in [0.1, 0.15) is 5.82 Å². The van der Waals surface area contributed by atoms with Gasteiger partial charge in [-0.05, 0) is 37.1 Å². The topological polar surface area (TPSA) is 21.3 Å². The molecule has 0 heterocycles. The van der Waals surface area contributed by atoms with Gasteiger partial charge in [-0.25, -0.2) is 4.39 Å². The van der Waals surface area contributed by atoms with Crippen molar-refractivity contribution >= 4 is 0 Å². The Labute approximate surface area is 110 Å². The molecule has 1 unspecified atom stereocenters. The Bertz CT molecular complexity index is 366. The molecule has 1 rings (SSSR count). The van der Waals surface area contributed by atoms with E-state index >= 15 is 0 Å². The number of nitrogens with one attached hydrogen (secondary N) is 1. The van der Waals surface area contributed by atoms with Crippen molar-refractivity contribution in [3.05, 3.63) is 35.1 Å². The minimum atomic E-state index is -0.189. The van der Waals surface area contributed by atoms with E-state index in [-0.39, 0.29) is 11.9 Å². The molecule has 0 fully saturated rings. The number of ether oxygens (including phenoxy) is 1. The van der Waals surface area contributed by atoms with Crippen molar-refractivity contribution in [3.63, 3.8) is 0 Å². The largest absolute Gasteiger partial charge is 0.373 e. The summed E-state index contributed by atoms with van der Waals surface area (Å²) in [6.07, 6.45) is 0.141. The lowest BCUT2D eigenvalue weighted by Crippen LogP contribution is -2.16. The lowest BCUT2D eigenvalue weighted by atomic mass is 10.1. The molecule has 0 aliphatic heterocycles. The van der Waals surface area contributed by atoms with Crippen molar-refractivity contribution in [2.45, 2.75) is 47.0 Å². The Kier molecular flexibility index (Phi) is 6.30.